The Balaban J connectivity index is 1.61. The van der Waals surface area contributed by atoms with Crippen LogP contribution in [-0.2, 0) is 6.54 Å². The Kier molecular flexibility index (Phi) is 4.89. The Labute approximate surface area is 160 Å². The van der Waals surface area contributed by atoms with E-state index in [2.05, 4.69) is 36.9 Å². The third-order valence-corrected chi connectivity index (χ3v) is 5.56. The maximum Gasteiger partial charge on any atom is 0.246 e. The monoisotopic (exact) mass is 413 g/mol. The molecule has 1 atom stereocenters. The number of fused-ring (bicyclic) bond motifs is 1. The SMILES string of the molecule is Cc1c(Br)cccc1Oc1nccc2cc(CN3CC[C@H](O)C3)cnc12. The summed E-state index contributed by atoms with van der Waals surface area (Å²) in [7, 11) is 0. The maximum absolute atomic E-state index is 9.68. The van der Waals surface area contributed by atoms with Crippen LogP contribution >= 0.6 is 15.9 Å². The van der Waals surface area contributed by atoms with Crippen molar-refractivity contribution in [2.75, 3.05) is 13.1 Å². The number of hydrogen-bond acceptors (Lipinski definition) is 5. The van der Waals surface area contributed by atoms with Gasteiger partial charge in [-0.2, -0.15) is 0 Å². The molecule has 2 aromatic heterocycles. The van der Waals surface area contributed by atoms with Crippen molar-refractivity contribution >= 4 is 26.8 Å². The van der Waals surface area contributed by atoms with E-state index in [-0.39, 0.29) is 6.10 Å². The minimum atomic E-state index is -0.207. The van der Waals surface area contributed by atoms with Crippen LogP contribution in [0.1, 0.15) is 17.5 Å². The van der Waals surface area contributed by atoms with Gasteiger partial charge in [0.05, 0.1) is 6.10 Å². The molecule has 5 nitrogen and oxygen atoms in total. The third kappa shape index (κ3) is 3.58. The molecule has 1 aliphatic rings. The van der Waals surface area contributed by atoms with Crippen molar-refractivity contribution in [2.45, 2.75) is 26.0 Å². The normalized spacial score (nSPS) is 17.7. The summed E-state index contributed by atoms with van der Waals surface area (Å²) in [5.74, 6) is 1.27. The fraction of sp³-hybridized carbons (Fsp3) is 0.300. The molecule has 0 spiro atoms. The van der Waals surface area contributed by atoms with E-state index in [9.17, 15) is 5.11 Å². The van der Waals surface area contributed by atoms with Crippen molar-refractivity contribution in [1.29, 1.82) is 0 Å². The Bertz CT molecular complexity index is 947. The lowest BCUT2D eigenvalue weighted by Gasteiger charge is -2.15. The van der Waals surface area contributed by atoms with Gasteiger partial charge in [-0.3, -0.25) is 9.88 Å². The summed E-state index contributed by atoms with van der Waals surface area (Å²) in [5, 5.41) is 10.7. The number of aliphatic hydroxyl groups is 1. The van der Waals surface area contributed by atoms with E-state index in [0.717, 1.165) is 58.3 Å². The number of ether oxygens (including phenoxy) is 1. The van der Waals surface area contributed by atoms with Crippen LogP contribution in [0.2, 0.25) is 0 Å². The average Bonchev–Trinajstić information content (AvgIpc) is 3.04. The van der Waals surface area contributed by atoms with Gasteiger partial charge in [-0.05, 0) is 43.2 Å². The first-order chi connectivity index (χ1) is 12.6. The van der Waals surface area contributed by atoms with Crippen LogP contribution < -0.4 is 4.74 Å². The maximum atomic E-state index is 9.68. The molecule has 4 rings (SSSR count). The van der Waals surface area contributed by atoms with Crippen molar-refractivity contribution < 1.29 is 9.84 Å². The first-order valence-electron chi connectivity index (χ1n) is 8.67. The molecule has 3 aromatic rings. The van der Waals surface area contributed by atoms with Crippen molar-refractivity contribution in [3.8, 4) is 11.6 Å². The van der Waals surface area contributed by atoms with Crippen molar-refractivity contribution in [3.05, 3.63) is 58.3 Å². The zero-order valence-corrected chi connectivity index (χ0v) is 16.1. The molecule has 134 valence electrons. The Morgan fingerprint density at radius 1 is 1.31 bits per heavy atom. The van der Waals surface area contributed by atoms with Crippen LogP contribution in [0.4, 0.5) is 0 Å². The predicted octanol–water partition coefficient (Wildman–Crippen LogP) is 4.06. The molecule has 0 radical (unpaired) electrons. The van der Waals surface area contributed by atoms with Crippen LogP contribution in [0, 0.1) is 6.92 Å². The number of hydrogen-bond donors (Lipinski definition) is 1. The van der Waals surface area contributed by atoms with E-state index in [1.165, 1.54) is 0 Å². The van der Waals surface area contributed by atoms with E-state index in [0.29, 0.717) is 5.88 Å². The standard InChI is InChI=1S/C20H20BrN3O2/c1-13-17(21)3-2-4-18(13)26-20-19-15(5-7-22-20)9-14(10-23-19)11-24-8-6-16(25)12-24/h2-5,7,9-10,16,25H,6,8,11-12H2,1H3/t16-/m0/s1. The zero-order valence-electron chi connectivity index (χ0n) is 14.5. The van der Waals surface area contributed by atoms with E-state index >= 15 is 0 Å². The van der Waals surface area contributed by atoms with Crippen molar-refractivity contribution in [2.24, 2.45) is 0 Å². The van der Waals surface area contributed by atoms with Gasteiger partial charge in [0.2, 0.25) is 5.88 Å². The molecule has 1 fully saturated rings. The minimum absolute atomic E-state index is 0.207. The Hall–Kier alpha value is -2.02. The number of aromatic nitrogens is 2. The number of halogens is 1. The Morgan fingerprint density at radius 3 is 3.00 bits per heavy atom. The van der Waals surface area contributed by atoms with Gasteiger partial charge in [-0.15, -0.1) is 0 Å². The van der Waals surface area contributed by atoms with Gasteiger partial charge < -0.3 is 9.84 Å². The molecular weight excluding hydrogens is 394 g/mol. The van der Waals surface area contributed by atoms with Gasteiger partial charge >= 0.3 is 0 Å². The molecular formula is C20H20BrN3O2. The van der Waals surface area contributed by atoms with Crippen LogP contribution in [-0.4, -0.2) is 39.2 Å². The Morgan fingerprint density at radius 2 is 2.19 bits per heavy atom. The van der Waals surface area contributed by atoms with Gasteiger partial charge in [0.15, 0.2) is 0 Å². The van der Waals surface area contributed by atoms with Gasteiger partial charge in [0.25, 0.3) is 0 Å². The minimum Gasteiger partial charge on any atom is -0.437 e. The number of nitrogens with zero attached hydrogens (tertiary/aromatic N) is 3. The van der Waals surface area contributed by atoms with Gasteiger partial charge in [-0.1, -0.05) is 22.0 Å². The lowest BCUT2D eigenvalue weighted by Crippen LogP contribution is -2.21. The van der Waals surface area contributed by atoms with Gasteiger partial charge in [0.1, 0.15) is 11.3 Å². The van der Waals surface area contributed by atoms with Crippen LogP contribution in [0.5, 0.6) is 11.6 Å². The number of aliphatic hydroxyl groups excluding tert-OH is 1. The van der Waals surface area contributed by atoms with Crippen LogP contribution in [0.15, 0.2) is 47.2 Å². The smallest absolute Gasteiger partial charge is 0.246 e. The molecule has 3 heterocycles. The summed E-state index contributed by atoms with van der Waals surface area (Å²) in [5.41, 5.74) is 2.90. The predicted molar refractivity (Wildman–Crippen MR) is 104 cm³/mol. The summed E-state index contributed by atoms with van der Waals surface area (Å²) < 4.78 is 7.04. The molecule has 26 heavy (non-hydrogen) atoms. The number of pyridine rings is 2. The summed E-state index contributed by atoms with van der Waals surface area (Å²) in [6.45, 7) is 4.45. The van der Waals surface area contributed by atoms with Crippen molar-refractivity contribution in [3.63, 3.8) is 0 Å². The number of benzene rings is 1. The fourth-order valence-electron chi connectivity index (χ4n) is 3.26. The first-order valence-corrected chi connectivity index (χ1v) is 9.46. The molecule has 1 aliphatic heterocycles. The van der Waals surface area contributed by atoms with E-state index in [4.69, 9.17) is 4.74 Å². The highest BCUT2D eigenvalue weighted by atomic mass is 79.9. The van der Waals surface area contributed by atoms with Gasteiger partial charge in [0, 0.05) is 47.5 Å². The largest absolute Gasteiger partial charge is 0.437 e. The van der Waals surface area contributed by atoms with E-state index in [1.807, 2.05) is 37.4 Å². The van der Waals surface area contributed by atoms with Crippen LogP contribution in [0.25, 0.3) is 10.9 Å². The lowest BCUT2D eigenvalue weighted by atomic mass is 10.2. The average molecular weight is 414 g/mol. The van der Waals surface area contributed by atoms with E-state index in [1.54, 1.807) is 6.20 Å². The highest BCUT2D eigenvalue weighted by molar-refractivity contribution is 9.10. The van der Waals surface area contributed by atoms with Crippen LogP contribution in [0.3, 0.4) is 0 Å². The second kappa shape index (κ2) is 7.31. The summed E-state index contributed by atoms with van der Waals surface area (Å²) in [6.07, 6.45) is 4.25. The topological polar surface area (TPSA) is 58.5 Å². The molecule has 6 heteroatoms. The van der Waals surface area contributed by atoms with Gasteiger partial charge in [-0.25, -0.2) is 4.98 Å². The highest BCUT2D eigenvalue weighted by Crippen LogP contribution is 2.32. The number of β-amino-alcohol motifs (C(OH)–C–C–N with tert-alkyl or cyclic N) is 1. The molecule has 0 unspecified atom stereocenters. The lowest BCUT2D eigenvalue weighted by molar-refractivity contribution is 0.175. The molecule has 0 bridgehead atoms. The first kappa shape index (κ1) is 17.4. The second-order valence-corrected chi connectivity index (χ2v) is 7.53. The number of likely N-dealkylation sites (tertiary alicyclic amines) is 1. The summed E-state index contributed by atoms with van der Waals surface area (Å²) in [4.78, 5) is 11.2. The quantitative estimate of drug-likeness (QED) is 0.698. The summed E-state index contributed by atoms with van der Waals surface area (Å²) in [6, 6.07) is 9.92. The third-order valence-electron chi connectivity index (χ3n) is 4.70. The van der Waals surface area contributed by atoms with Crippen molar-refractivity contribution in [1.82, 2.24) is 14.9 Å². The fourth-order valence-corrected chi connectivity index (χ4v) is 3.61. The molecule has 0 amide bonds. The number of rotatable bonds is 4. The molecule has 0 saturated carbocycles. The second-order valence-electron chi connectivity index (χ2n) is 6.67. The van der Waals surface area contributed by atoms with E-state index < -0.39 is 0 Å². The molecule has 1 N–H and O–H groups in total. The molecule has 1 saturated heterocycles. The zero-order chi connectivity index (χ0) is 18.1. The molecule has 1 aromatic carbocycles. The molecule has 0 aliphatic carbocycles. The highest BCUT2D eigenvalue weighted by Gasteiger charge is 2.20. The summed E-state index contributed by atoms with van der Waals surface area (Å²) >= 11 is 3.53.